The molecule has 0 radical (unpaired) electrons. The first-order chi connectivity index (χ1) is 9.11. The van der Waals surface area contributed by atoms with Crippen molar-refractivity contribution in [3.63, 3.8) is 0 Å². The fraction of sp³-hybridized carbons (Fsp3) is 0.500. The van der Waals surface area contributed by atoms with Crippen LogP contribution in [0.2, 0.25) is 0 Å². The van der Waals surface area contributed by atoms with Crippen molar-refractivity contribution in [3.8, 4) is 0 Å². The molecular weight excluding hydrogens is 262 g/mol. The topological polar surface area (TPSA) is 89.7 Å². The number of aliphatic hydroxyl groups is 1. The molecule has 6 heteroatoms. The van der Waals surface area contributed by atoms with Crippen LogP contribution in [0, 0.1) is 10.1 Å². The van der Waals surface area contributed by atoms with Gasteiger partial charge in [-0.15, -0.1) is 0 Å². The molecule has 0 aliphatic rings. The van der Waals surface area contributed by atoms with Crippen molar-refractivity contribution in [3.05, 3.63) is 45.5 Å². The summed E-state index contributed by atoms with van der Waals surface area (Å²) < 4.78 is 4.47. The zero-order valence-electron chi connectivity index (χ0n) is 12.0. The van der Waals surface area contributed by atoms with Gasteiger partial charge in [-0.2, -0.15) is 0 Å². The van der Waals surface area contributed by atoms with Gasteiger partial charge in [-0.05, 0) is 11.0 Å². The lowest BCUT2D eigenvalue weighted by Gasteiger charge is -2.24. The van der Waals surface area contributed by atoms with Crippen LogP contribution in [0.3, 0.4) is 0 Å². The molecule has 1 N–H and O–H groups in total. The van der Waals surface area contributed by atoms with E-state index in [1.807, 2.05) is 20.8 Å². The SMILES string of the molecule is COC(=O)C(O)(C[N+](=O)[O-])c1ccc(C(C)(C)C)cc1. The number of nitro groups is 1. The van der Waals surface area contributed by atoms with E-state index in [-0.39, 0.29) is 11.0 Å². The number of benzene rings is 1. The van der Waals surface area contributed by atoms with Crippen LogP contribution in [0.4, 0.5) is 0 Å². The van der Waals surface area contributed by atoms with Crippen LogP contribution < -0.4 is 0 Å². The second-order valence-corrected chi connectivity index (χ2v) is 5.67. The third kappa shape index (κ3) is 3.33. The highest BCUT2D eigenvalue weighted by Gasteiger charge is 2.44. The van der Waals surface area contributed by atoms with Crippen LogP contribution >= 0.6 is 0 Å². The summed E-state index contributed by atoms with van der Waals surface area (Å²) in [6, 6.07) is 6.51. The van der Waals surface area contributed by atoms with Crippen LogP contribution in [0.15, 0.2) is 24.3 Å². The molecule has 0 spiro atoms. The Balaban J connectivity index is 3.22. The quantitative estimate of drug-likeness (QED) is 0.514. The van der Waals surface area contributed by atoms with Crippen molar-refractivity contribution in [2.75, 3.05) is 13.7 Å². The van der Waals surface area contributed by atoms with Crippen molar-refractivity contribution in [1.29, 1.82) is 0 Å². The predicted molar refractivity (Wildman–Crippen MR) is 72.9 cm³/mol. The molecule has 6 nitrogen and oxygen atoms in total. The highest BCUT2D eigenvalue weighted by Crippen LogP contribution is 2.27. The fourth-order valence-corrected chi connectivity index (χ4v) is 1.88. The predicted octanol–water partition coefficient (Wildman–Crippen LogP) is 1.62. The largest absolute Gasteiger partial charge is 0.466 e. The Hall–Kier alpha value is -1.95. The van der Waals surface area contributed by atoms with Gasteiger partial charge >= 0.3 is 5.97 Å². The van der Waals surface area contributed by atoms with E-state index < -0.39 is 23.0 Å². The molecular formula is C14H19NO5. The second-order valence-electron chi connectivity index (χ2n) is 5.67. The maximum Gasteiger partial charge on any atom is 0.349 e. The minimum absolute atomic E-state index is 0.0922. The van der Waals surface area contributed by atoms with E-state index in [0.717, 1.165) is 12.7 Å². The molecule has 0 heterocycles. The van der Waals surface area contributed by atoms with Crippen molar-refractivity contribution in [2.24, 2.45) is 0 Å². The van der Waals surface area contributed by atoms with E-state index in [4.69, 9.17) is 0 Å². The van der Waals surface area contributed by atoms with Gasteiger partial charge in [-0.25, -0.2) is 4.79 Å². The average molecular weight is 281 g/mol. The van der Waals surface area contributed by atoms with Crippen LogP contribution in [0.25, 0.3) is 0 Å². The molecule has 0 aliphatic carbocycles. The van der Waals surface area contributed by atoms with E-state index >= 15 is 0 Å². The molecule has 1 atom stereocenters. The van der Waals surface area contributed by atoms with Gasteiger partial charge < -0.3 is 9.84 Å². The molecule has 1 aromatic rings. The average Bonchev–Trinajstić information content (AvgIpc) is 2.36. The summed E-state index contributed by atoms with van der Waals surface area (Å²) >= 11 is 0. The molecule has 0 bridgehead atoms. The molecule has 1 unspecified atom stereocenters. The lowest BCUT2D eigenvalue weighted by Crippen LogP contribution is -2.43. The lowest BCUT2D eigenvalue weighted by molar-refractivity contribution is -0.499. The second kappa shape index (κ2) is 5.58. The number of carbonyl (C=O) groups is 1. The first-order valence-electron chi connectivity index (χ1n) is 6.15. The Labute approximate surface area is 117 Å². The summed E-state index contributed by atoms with van der Waals surface area (Å²) in [5, 5.41) is 21.0. The van der Waals surface area contributed by atoms with Gasteiger partial charge in [0.25, 0.3) is 5.60 Å². The van der Waals surface area contributed by atoms with E-state index in [0.29, 0.717) is 0 Å². The van der Waals surface area contributed by atoms with Crippen LogP contribution in [-0.2, 0) is 20.5 Å². The van der Waals surface area contributed by atoms with Gasteiger partial charge in [-0.3, -0.25) is 10.1 Å². The zero-order valence-corrected chi connectivity index (χ0v) is 12.0. The van der Waals surface area contributed by atoms with Crippen LogP contribution in [0.5, 0.6) is 0 Å². The first kappa shape index (κ1) is 16.1. The van der Waals surface area contributed by atoms with Crippen molar-refractivity contribution in [1.82, 2.24) is 0 Å². The number of nitrogens with zero attached hydrogens (tertiary/aromatic N) is 1. The van der Waals surface area contributed by atoms with E-state index in [9.17, 15) is 20.0 Å². The summed E-state index contributed by atoms with van der Waals surface area (Å²) in [6.45, 7) is 5.12. The Kier molecular flexibility index (Phi) is 4.50. The number of methoxy groups -OCH3 is 1. The zero-order chi connectivity index (χ0) is 15.6. The van der Waals surface area contributed by atoms with Crippen molar-refractivity contribution >= 4 is 5.97 Å². The molecule has 1 aromatic carbocycles. The smallest absolute Gasteiger partial charge is 0.349 e. The summed E-state index contributed by atoms with van der Waals surface area (Å²) in [6.07, 6.45) is 0. The summed E-state index contributed by atoms with van der Waals surface area (Å²) in [4.78, 5) is 21.6. The maximum atomic E-state index is 11.7. The van der Waals surface area contributed by atoms with Crippen molar-refractivity contribution in [2.45, 2.75) is 31.8 Å². The number of carbonyl (C=O) groups excluding carboxylic acids is 1. The molecule has 1 rings (SSSR count). The Morgan fingerprint density at radius 1 is 1.25 bits per heavy atom. The number of rotatable bonds is 4. The Morgan fingerprint density at radius 3 is 2.05 bits per heavy atom. The third-order valence-corrected chi connectivity index (χ3v) is 3.11. The molecule has 0 amide bonds. The Morgan fingerprint density at radius 2 is 1.70 bits per heavy atom. The Bertz CT molecular complexity index is 503. The van der Waals surface area contributed by atoms with Gasteiger partial charge in [0.05, 0.1) is 7.11 Å². The first-order valence-corrected chi connectivity index (χ1v) is 6.15. The fourth-order valence-electron chi connectivity index (χ4n) is 1.88. The summed E-state index contributed by atoms with van der Waals surface area (Å²) in [7, 11) is 1.08. The molecule has 0 aliphatic heterocycles. The number of hydrogen-bond acceptors (Lipinski definition) is 5. The van der Waals surface area contributed by atoms with Gasteiger partial charge in [0.2, 0.25) is 6.54 Å². The van der Waals surface area contributed by atoms with E-state index in [2.05, 4.69) is 4.74 Å². The highest BCUT2D eigenvalue weighted by atomic mass is 16.6. The minimum Gasteiger partial charge on any atom is -0.466 e. The standard InChI is InChI=1S/C14H19NO5/c1-13(2,3)10-5-7-11(8-6-10)14(17,9-15(18)19)12(16)20-4/h5-8,17H,9H2,1-4H3. The van der Waals surface area contributed by atoms with Gasteiger partial charge in [0, 0.05) is 10.5 Å². The van der Waals surface area contributed by atoms with Crippen LogP contribution in [-0.4, -0.2) is 29.7 Å². The van der Waals surface area contributed by atoms with E-state index in [1.165, 1.54) is 12.1 Å². The number of ether oxygens (including phenoxy) is 1. The van der Waals surface area contributed by atoms with Crippen molar-refractivity contribution < 1.29 is 19.6 Å². The molecule has 0 saturated carbocycles. The summed E-state index contributed by atoms with van der Waals surface area (Å²) in [5.41, 5.74) is -1.22. The number of esters is 1. The molecule has 0 fully saturated rings. The highest BCUT2D eigenvalue weighted by molar-refractivity contribution is 5.81. The molecule has 20 heavy (non-hydrogen) atoms. The normalized spacial score (nSPS) is 14.4. The monoisotopic (exact) mass is 281 g/mol. The lowest BCUT2D eigenvalue weighted by atomic mass is 9.84. The maximum absolute atomic E-state index is 11.7. The molecule has 110 valence electrons. The third-order valence-electron chi connectivity index (χ3n) is 3.11. The molecule has 0 aromatic heterocycles. The van der Waals surface area contributed by atoms with Crippen LogP contribution in [0.1, 0.15) is 31.9 Å². The van der Waals surface area contributed by atoms with E-state index in [1.54, 1.807) is 12.1 Å². The van der Waals surface area contributed by atoms with Gasteiger partial charge in [0.1, 0.15) is 0 Å². The van der Waals surface area contributed by atoms with Gasteiger partial charge in [0.15, 0.2) is 0 Å². The molecule has 0 saturated heterocycles. The number of hydrogen-bond donors (Lipinski definition) is 1. The van der Waals surface area contributed by atoms with Gasteiger partial charge in [-0.1, -0.05) is 45.0 Å². The minimum atomic E-state index is -2.27. The summed E-state index contributed by atoms with van der Waals surface area (Å²) in [5.74, 6) is -1.04.